The van der Waals surface area contributed by atoms with Crippen LogP contribution < -0.4 is 4.90 Å². The Labute approximate surface area is 234 Å². The summed E-state index contributed by atoms with van der Waals surface area (Å²) in [5.74, 6) is 0. The van der Waals surface area contributed by atoms with Gasteiger partial charge in [0.15, 0.2) is 0 Å². The van der Waals surface area contributed by atoms with Gasteiger partial charge in [-0.15, -0.1) is 0 Å². The summed E-state index contributed by atoms with van der Waals surface area (Å²) in [5, 5.41) is 7.82. The van der Waals surface area contributed by atoms with Gasteiger partial charge in [-0.1, -0.05) is 123 Å². The summed E-state index contributed by atoms with van der Waals surface area (Å²) in [6, 6.07) is 51.2. The minimum absolute atomic E-state index is 0.0660. The van der Waals surface area contributed by atoms with Crippen molar-refractivity contribution in [1.82, 2.24) is 0 Å². The quantitative estimate of drug-likeness (QED) is 0.209. The van der Waals surface area contributed by atoms with Gasteiger partial charge in [0.2, 0.25) is 0 Å². The summed E-state index contributed by atoms with van der Waals surface area (Å²) in [5.41, 5.74) is 8.76. The van der Waals surface area contributed by atoms with Gasteiger partial charge in [0.1, 0.15) is 0 Å². The molecule has 0 N–H and O–H groups in total. The number of benzene rings is 7. The number of nitrogens with zero attached hydrogens (tertiary/aromatic N) is 1. The molecule has 1 aliphatic rings. The molecule has 7 aromatic rings. The van der Waals surface area contributed by atoms with Crippen LogP contribution in [-0.2, 0) is 5.41 Å². The highest BCUT2D eigenvalue weighted by Crippen LogP contribution is 2.52. The SMILES string of the molecule is CC1(C)c2ccccc2N(c2cccc(-c3ccc4c5ccccc5c5ccccc5c4c3)c2)c2ccccc21. The second-order valence-electron chi connectivity index (χ2n) is 11.4. The van der Waals surface area contributed by atoms with E-state index in [4.69, 9.17) is 0 Å². The summed E-state index contributed by atoms with van der Waals surface area (Å²) < 4.78 is 0. The maximum absolute atomic E-state index is 2.43. The van der Waals surface area contributed by atoms with Crippen molar-refractivity contribution in [1.29, 1.82) is 0 Å². The van der Waals surface area contributed by atoms with Crippen LogP contribution in [0.1, 0.15) is 25.0 Å². The average molecular weight is 512 g/mol. The molecule has 1 aliphatic heterocycles. The lowest BCUT2D eigenvalue weighted by Gasteiger charge is -2.42. The average Bonchev–Trinajstić information content (AvgIpc) is 3.01. The van der Waals surface area contributed by atoms with Crippen LogP contribution in [0.2, 0.25) is 0 Å². The number of fused-ring (bicyclic) bond motifs is 8. The van der Waals surface area contributed by atoms with E-state index >= 15 is 0 Å². The first-order chi connectivity index (χ1) is 19.6. The van der Waals surface area contributed by atoms with Gasteiger partial charge in [-0.25, -0.2) is 0 Å². The fourth-order valence-corrected chi connectivity index (χ4v) is 6.86. The summed E-state index contributed by atoms with van der Waals surface area (Å²) in [6.07, 6.45) is 0. The minimum atomic E-state index is -0.0660. The van der Waals surface area contributed by atoms with E-state index in [9.17, 15) is 0 Å². The van der Waals surface area contributed by atoms with E-state index in [1.54, 1.807) is 0 Å². The van der Waals surface area contributed by atoms with Crippen molar-refractivity contribution >= 4 is 49.4 Å². The maximum Gasteiger partial charge on any atom is 0.0502 e. The lowest BCUT2D eigenvalue weighted by atomic mass is 9.73. The van der Waals surface area contributed by atoms with E-state index in [1.165, 1.54) is 71.6 Å². The summed E-state index contributed by atoms with van der Waals surface area (Å²) in [6.45, 7) is 4.67. The third-order valence-electron chi connectivity index (χ3n) is 8.82. The molecule has 0 amide bonds. The van der Waals surface area contributed by atoms with E-state index in [0.29, 0.717) is 0 Å². The lowest BCUT2D eigenvalue weighted by molar-refractivity contribution is 0.632. The number of hydrogen-bond donors (Lipinski definition) is 0. The van der Waals surface area contributed by atoms with Crippen LogP contribution in [0.25, 0.3) is 43.4 Å². The zero-order chi connectivity index (χ0) is 26.8. The molecule has 0 aliphatic carbocycles. The molecule has 0 saturated carbocycles. The predicted molar refractivity (Wildman–Crippen MR) is 171 cm³/mol. The van der Waals surface area contributed by atoms with Crippen molar-refractivity contribution in [2.45, 2.75) is 19.3 Å². The molecule has 7 aromatic carbocycles. The van der Waals surface area contributed by atoms with Gasteiger partial charge in [-0.05, 0) is 84.9 Å². The monoisotopic (exact) mass is 511 g/mol. The fourth-order valence-electron chi connectivity index (χ4n) is 6.86. The van der Waals surface area contributed by atoms with Crippen molar-refractivity contribution in [3.8, 4) is 11.1 Å². The first-order valence-corrected chi connectivity index (χ1v) is 14.0. The van der Waals surface area contributed by atoms with Gasteiger partial charge in [0, 0.05) is 11.1 Å². The molecule has 1 heteroatoms. The molecule has 0 radical (unpaired) electrons. The number of para-hydroxylation sites is 2. The molecule has 40 heavy (non-hydrogen) atoms. The third kappa shape index (κ3) is 3.28. The second-order valence-corrected chi connectivity index (χ2v) is 11.4. The van der Waals surface area contributed by atoms with Crippen LogP contribution in [0.3, 0.4) is 0 Å². The van der Waals surface area contributed by atoms with E-state index in [0.717, 1.165) is 0 Å². The largest absolute Gasteiger partial charge is 0.310 e. The first kappa shape index (κ1) is 23.0. The van der Waals surface area contributed by atoms with Gasteiger partial charge in [0.05, 0.1) is 11.4 Å². The van der Waals surface area contributed by atoms with Crippen LogP contribution in [0.5, 0.6) is 0 Å². The van der Waals surface area contributed by atoms with E-state index in [-0.39, 0.29) is 5.41 Å². The van der Waals surface area contributed by atoms with Crippen LogP contribution in [0.15, 0.2) is 140 Å². The van der Waals surface area contributed by atoms with Gasteiger partial charge in [-0.2, -0.15) is 0 Å². The summed E-state index contributed by atoms with van der Waals surface area (Å²) in [7, 11) is 0. The van der Waals surface area contributed by atoms with E-state index < -0.39 is 0 Å². The zero-order valence-corrected chi connectivity index (χ0v) is 22.7. The minimum Gasteiger partial charge on any atom is -0.310 e. The van der Waals surface area contributed by atoms with Crippen molar-refractivity contribution in [2.24, 2.45) is 0 Å². The van der Waals surface area contributed by atoms with E-state index in [1.807, 2.05) is 0 Å². The highest BCUT2D eigenvalue weighted by atomic mass is 15.2. The lowest BCUT2D eigenvalue weighted by Crippen LogP contribution is -2.30. The van der Waals surface area contributed by atoms with Gasteiger partial charge in [0.25, 0.3) is 0 Å². The number of rotatable bonds is 2. The molecule has 0 bridgehead atoms. The van der Waals surface area contributed by atoms with Gasteiger partial charge >= 0.3 is 0 Å². The van der Waals surface area contributed by atoms with Crippen molar-refractivity contribution < 1.29 is 0 Å². The Morgan fingerprint density at radius 1 is 0.400 bits per heavy atom. The Kier molecular flexibility index (Phi) is 4.93. The Hall–Kier alpha value is -4.88. The molecule has 1 heterocycles. The molecule has 190 valence electrons. The molecule has 0 aromatic heterocycles. The van der Waals surface area contributed by atoms with Gasteiger partial charge in [-0.3, -0.25) is 0 Å². The second kappa shape index (κ2) is 8.56. The molecule has 0 atom stereocenters. The van der Waals surface area contributed by atoms with Crippen LogP contribution in [0, 0.1) is 0 Å². The number of hydrogen-bond acceptors (Lipinski definition) is 1. The Bertz CT molecular complexity index is 2010. The van der Waals surface area contributed by atoms with Gasteiger partial charge < -0.3 is 4.90 Å². The predicted octanol–water partition coefficient (Wildman–Crippen LogP) is 10.9. The third-order valence-corrected chi connectivity index (χ3v) is 8.82. The number of anilines is 3. The van der Waals surface area contributed by atoms with Crippen LogP contribution >= 0.6 is 0 Å². The standard InChI is InChI=1S/C39H29N/c1-39(2)35-18-7-9-20-37(35)40(38-21-10-8-19-36(38)39)28-13-11-12-26(24-28)27-22-23-33-31-16-4-3-14-29(31)30-15-5-6-17-32(30)34(33)25-27/h3-25H,1-2H3. The summed E-state index contributed by atoms with van der Waals surface area (Å²) >= 11 is 0. The molecule has 8 rings (SSSR count). The first-order valence-electron chi connectivity index (χ1n) is 14.0. The maximum atomic E-state index is 2.43. The van der Waals surface area contributed by atoms with Crippen molar-refractivity contribution in [3.05, 3.63) is 151 Å². The molecular weight excluding hydrogens is 482 g/mol. The zero-order valence-electron chi connectivity index (χ0n) is 22.7. The normalized spacial score (nSPS) is 13.9. The molecule has 0 unspecified atom stereocenters. The molecular formula is C39H29N. The Morgan fingerprint density at radius 3 is 1.48 bits per heavy atom. The smallest absolute Gasteiger partial charge is 0.0502 e. The molecule has 0 fully saturated rings. The highest BCUT2D eigenvalue weighted by molar-refractivity contribution is 6.25. The van der Waals surface area contributed by atoms with Crippen LogP contribution in [-0.4, -0.2) is 0 Å². The highest BCUT2D eigenvalue weighted by Gasteiger charge is 2.36. The molecule has 0 saturated heterocycles. The summed E-state index contributed by atoms with van der Waals surface area (Å²) in [4.78, 5) is 2.43. The molecule has 1 nitrogen and oxygen atoms in total. The topological polar surface area (TPSA) is 3.24 Å². The van der Waals surface area contributed by atoms with Crippen LogP contribution in [0.4, 0.5) is 17.1 Å². The Morgan fingerprint density at radius 2 is 0.875 bits per heavy atom. The van der Waals surface area contributed by atoms with Crippen molar-refractivity contribution in [3.63, 3.8) is 0 Å². The van der Waals surface area contributed by atoms with E-state index in [2.05, 4.69) is 158 Å². The van der Waals surface area contributed by atoms with Crippen molar-refractivity contribution in [2.75, 3.05) is 4.90 Å². The molecule has 0 spiro atoms. The Balaban J connectivity index is 1.33. The fraction of sp³-hybridized carbons (Fsp3) is 0.0769.